The van der Waals surface area contributed by atoms with Gasteiger partial charge in [0.05, 0.1) is 23.7 Å². The highest BCUT2D eigenvalue weighted by Gasteiger charge is 2.39. The maximum Gasteiger partial charge on any atom is 0.238 e. The molecule has 4 atom stereocenters. The molecular formula is C24H24N4O. The third-order valence-corrected chi connectivity index (χ3v) is 6.14. The van der Waals surface area contributed by atoms with Gasteiger partial charge in [0, 0.05) is 12.5 Å². The van der Waals surface area contributed by atoms with Crippen molar-refractivity contribution in [1.29, 1.82) is 10.5 Å². The van der Waals surface area contributed by atoms with Gasteiger partial charge in [-0.15, -0.1) is 0 Å². The summed E-state index contributed by atoms with van der Waals surface area (Å²) >= 11 is 0. The van der Waals surface area contributed by atoms with Gasteiger partial charge in [-0.3, -0.25) is 4.79 Å². The number of hydrogen-bond donors (Lipinski definition) is 2. The number of nitrogens with zero attached hydrogens (tertiary/aromatic N) is 2. The minimum atomic E-state index is -0.537. The zero-order valence-corrected chi connectivity index (χ0v) is 16.3. The Morgan fingerprint density at radius 3 is 2.38 bits per heavy atom. The Bertz CT molecular complexity index is 940. The van der Waals surface area contributed by atoms with Crippen LogP contribution in [0.3, 0.4) is 0 Å². The summed E-state index contributed by atoms with van der Waals surface area (Å²) in [5.41, 5.74) is 3.74. The minimum Gasteiger partial charge on any atom is -0.339 e. The molecule has 2 aromatic rings. The number of nitrogens with one attached hydrogen (secondary N) is 2. The first-order valence-electron chi connectivity index (χ1n) is 10.2. The first-order chi connectivity index (χ1) is 14.2. The molecule has 0 aromatic heterocycles. The second-order valence-electron chi connectivity index (χ2n) is 8.03. The first kappa shape index (κ1) is 19.2. The van der Waals surface area contributed by atoms with Crippen molar-refractivity contribution in [2.75, 3.05) is 0 Å². The van der Waals surface area contributed by atoms with Crippen LogP contribution >= 0.6 is 0 Å². The molecule has 2 aliphatic rings. The maximum atomic E-state index is 12.6. The Balaban J connectivity index is 1.35. The summed E-state index contributed by atoms with van der Waals surface area (Å²) in [7, 11) is 0. The van der Waals surface area contributed by atoms with Crippen molar-refractivity contribution < 1.29 is 4.79 Å². The lowest BCUT2D eigenvalue weighted by Crippen LogP contribution is -2.46. The van der Waals surface area contributed by atoms with Gasteiger partial charge in [0.25, 0.3) is 0 Å². The Hall–Kier alpha value is -3.15. The molecule has 1 aliphatic carbocycles. The van der Waals surface area contributed by atoms with Crippen LogP contribution in [-0.2, 0) is 11.2 Å². The van der Waals surface area contributed by atoms with Crippen LogP contribution in [0.2, 0.25) is 0 Å². The van der Waals surface area contributed by atoms with E-state index in [-0.39, 0.29) is 11.9 Å². The highest BCUT2D eigenvalue weighted by atomic mass is 16.2. The maximum absolute atomic E-state index is 12.6. The van der Waals surface area contributed by atoms with E-state index in [0.29, 0.717) is 23.9 Å². The van der Waals surface area contributed by atoms with Crippen LogP contribution in [0.15, 0.2) is 48.5 Å². The lowest BCUT2D eigenvalue weighted by molar-refractivity contribution is -0.123. The smallest absolute Gasteiger partial charge is 0.238 e. The first-order valence-corrected chi connectivity index (χ1v) is 10.2. The van der Waals surface area contributed by atoms with Crippen LogP contribution in [0, 0.1) is 28.6 Å². The molecule has 2 aromatic carbocycles. The molecular weight excluding hydrogens is 360 g/mol. The molecule has 1 aliphatic heterocycles. The van der Waals surface area contributed by atoms with Crippen molar-refractivity contribution in [3.05, 3.63) is 59.7 Å². The molecule has 0 radical (unpaired) electrons. The van der Waals surface area contributed by atoms with Crippen LogP contribution in [0.5, 0.6) is 0 Å². The molecule has 146 valence electrons. The monoisotopic (exact) mass is 384 g/mol. The van der Waals surface area contributed by atoms with Crippen molar-refractivity contribution in [3.63, 3.8) is 0 Å². The topological polar surface area (TPSA) is 88.7 Å². The second kappa shape index (κ2) is 8.47. The van der Waals surface area contributed by atoms with E-state index in [1.807, 2.05) is 36.4 Å². The molecule has 5 heteroatoms. The number of benzene rings is 2. The highest BCUT2D eigenvalue weighted by molar-refractivity contribution is 5.82. The summed E-state index contributed by atoms with van der Waals surface area (Å²) in [5.74, 6) is 0.557. The molecule has 1 heterocycles. The standard InChI is InChI=1S/C24H24N4O/c25-14-17-6-10-19(11-7-17)18-8-4-16(5-9-18)12-21(15-26)27-24(29)23-13-20-2-1-3-22(20)28-23/h4-11,20-23,28H,1-3,12-13H2,(H,27,29)/t20-,21+,22-,23+/m1/s1. The molecule has 2 fully saturated rings. The van der Waals surface area contributed by atoms with Gasteiger partial charge in [0.15, 0.2) is 0 Å². The normalized spacial score (nSPS) is 23.6. The van der Waals surface area contributed by atoms with Crippen LogP contribution in [0.25, 0.3) is 11.1 Å². The van der Waals surface area contributed by atoms with Crippen LogP contribution in [0.1, 0.15) is 36.8 Å². The Labute approximate surface area is 171 Å². The predicted octanol–water partition coefficient (Wildman–Crippen LogP) is 3.31. The summed E-state index contributed by atoms with van der Waals surface area (Å²) in [6.07, 6.45) is 4.97. The van der Waals surface area contributed by atoms with Gasteiger partial charge >= 0.3 is 0 Å². The molecule has 0 spiro atoms. The number of hydrogen-bond acceptors (Lipinski definition) is 4. The van der Waals surface area contributed by atoms with E-state index >= 15 is 0 Å². The summed E-state index contributed by atoms with van der Waals surface area (Å²) in [4.78, 5) is 12.6. The lowest BCUT2D eigenvalue weighted by Gasteiger charge is -2.17. The van der Waals surface area contributed by atoms with Crippen molar-refractivity contribution in [3.8, 4) is 23.3 Å². The average molecular weight is 384 g/mol. The number of fused-ring (bicyclic) bond motifs is 1. The van der Waals surface area contributed by atoms with Crippen molar-refractivity contribution in [2.45, 2.75) is 50.2 Å². The van der Waals surface area contributed by atoms with E-state index in [1.165, 1.54) is 12.8 Å². The Morgan fingerprint density at radius 2 is 1.76 bits per heavy atom. The summed E-state index contributed by atoms with van der Waals surface area (Å²) < 4.78 is 0. The molecule has 1 amide bonds. The molecule has 1 saturated carbocycles. The second-order valence-corrected chi connectivity index (χ2v) is 8.03. The molecule has 29 heavy (non-hydrogen) atoms. The fraction of sp³-hybridized carbons (Fsp3) is 0.375. The fourth-order valence-corrected chi connectivity index (χ4v) is 4.56. The fourth-order valence-electron chi connectivity index (χ4n) is 4.56. The molecule has 1 saturated heterocycles. The molecule has 2 N–H and O–H groups in total. The Morgan fingerprint density at radius 1 is 1.07 bits per heavy atom. The van der Waals surface area contributed by atoms with Gasteiger partial charge < -0.3 is 10.6 Å². The van der Waals surface area contributed by atoms with Gasteiger partial charge in [-0.1, -0.05) is 42.8 Å². The van der Waals surface area contributed by atoms with E-state index in [9.17, 15) is 10.1 Å². The molecule has 4 rings (SSSR count). The van der Waals surface area contributed by atoms with Gasteiger partial charge in [-0.05, 0) is 54.0 Å². The van der Waals surface area contributed by atoms with Crippen LogP contribution in [0.4, 0.5) is 0 Å². The average Bonchev–Trinajstić information content (AvgIpc) is 3.36. The number of carbonyl (C=O) groups is 1. The van der Waals surface area contributed by atoms with Gasteiger partial charge in [0.1, 0.15) is 6.04 Å². The van der Waals surface area contributed by atoms with E-state index in [4.69, 9.17) is 5.26 Å². The van der Waals surface area contributed by atoms with E-state index in [2.05, 4.69) is 22.8 Å². The number of nitriles is 2. The van der Waals surface area contributed by atoms with E-state index < -0.39 is 6.04 Å². The predicted molar refractivity (Wildman–Crippen MR) is 111 cm³/mol. The highest BCUT2D eigenvalue weighted by Crippen LogP contribution is 2.34. The summed E-state index contributed by atoms with van der Waals surface area (Å²) in [6.45, 7) is 0. The number of amides is 1. The number of rotatable bonds is 5. The van der Waals surface area contributed by atoms with Gasteiger partial charge in [0.2, 0.25) is 5.91 Å². The van der Waals surface area contributed by atoms with Gasteiger partial charge in [-0.2, -0.15) is 10.5 Å². The van der Waals surface area contributed by atoms with E-state index in [0.717, 1.165) is 29.5 Å². The zero-order chi connectivity index (χ0) is 20.2. The molecule has 0 unspecified atom stereocenters. The van der Waals surface area contributed by atoms with Crippen molar-refractivity contribution in [1.82, 2.24) is 10.6 Å². The van der Waals surface area contributed by atoms with Gasteiger partial charge in [-0.25, -0.2) is 0 Å². The minimum absolute atomic E-state index is 0.0554. The van der Waals surface area contributed by atoms with Crippen molar-refractivity contribution in [2.24, 2.45) is 5.92 Å². The van der Waals surface area contributed by atoms with Crippen LogP contribution < -0.4 is 10.6 Å². The third-order valence-electron chi connectivity index (χ3n) is 6.14. The Kier molecular flexibility index (Phi) is 5.60. The SMILES string of the molecule is N#Cc1ccc(-c2ccc(C[C@@H](C#N)NC(=O)[C@@H]3C[C@H]4CCC[C@H]4N3)cc2)cc1. The quantitative estimate of drug-likeness (QED) is 0.828. The largest absolute Gasteiger partial charge is 0.339 e. The summed E-state index contributed by atoms with van der Waals surface area (Å²) in [5, 5.41) is 24.8. The zero-order valence-electron chi connectivity index (χ0n) is 16.3. The van der Waals surface area contributed by atoms with E-state index in [1.54, 1.807) is 12.1 Å². The third kappa shape index (κ3) is 4.31. The van der Waals surface area contributed by atoms with Crippen LogP contribution in [-0.4, -0.2) is 24.0 Å². The molecule has 5 nitrogen and oxygen atoms in total. The molecule has 0 bridgehead atoms. The number of carbonyl (C=O) groups excluding carboxylic acids is 1. The van der Waals surface area contributed by atoms with Crippen molar-refractivity contribution >= 4 is 5.91 Å². The summed E-state index contributed by atoms with van der Waals surface area (Å²) in [6, 6.07) is 19.6. The lowest BCUT2D eigenvalue weighted by atomic mass is 9.99.